The minimum atomic E-state index is 0.110. The standard InChI is InChI=1S/C16H26N2O/c1-6-18(7-2,8-3)12-16(19)17-15-11-9-10-13(4)14(15)5/h9-11H,6-8,12H2,1-5H3/p+1. The predicted octanol–water partition coefficient (Wildman–Crippen LogP) is 3.12. The fraction of sp³-hybridized carbons (Fsp3) is 0.562. The Morgan fingerprint density at radius 3 is 2.21 bits per heavy atom. The third kappa shape index (κ3) is 3.80. The van der Waals surface area contributed by atoms with Crippen molar-refractivity contribution in [3.05, 3.63) is 29.3 Å². The van der Waals surface area contributed by atoms with E-state index in [0.717, 1.165) is 35.4 Å². The van der Waals surface area contributed by atoms with E-state index in [1.807, 2.05) is 19.1 Å². The predicted molar refractivity (Wildman–Crippen MR) is 81.3 cm³/mol. The summed E-state index contributed by atoms with van der Waals surface area (Å²) >= 11 is 0. The Bertz CT molecular complexity index is 428. The van der Waals surface area contributed by atoms with E-state index in [4.69, 9.17) is 0 Å². The summed E-state index contributed by atoms with van der Waals surface area (Å²) < 4.78 is 0.844. The van der Waals surface area contributed by atoms with Gasteiger partial charge in [-0.25, -0.2) is 0 Å². The molecule has 1 aromatic rings. The fourth-order valence-corrected chi connectivity index (χ4v) is 2.39. The number of carbonyl (C=O) groups is 1. The normalized spacial score (nSPS) is 11.4. The van der Waals surface area contributed by atoms with Gasteiger partial charge in [-0.1, -0.05) is 12.1 Å². The van der Waals surface area contributed by atoms with E-state index < -0.39 is 0 Å². The second-order valence-corrected chi connectivity index (χ2v) is 5.24. The highest BCUT2D eigenvalue weighted by Gasteiger charge is 2.24. The fourth-order valence-electron chi connectivity index (χ4n) is 2.39. The maximum Gasteiger partial charge on any atom is 0.279 e. The molecular formula is C16H27N2O+. The van der Waals surface area contributed by atoms with Crippen LogP contribution in [0.25, 0.3) is 0 Å². The molecule has 0 heterocycles. The molecular weight excluding hydrogens is 236 g/mol. The molecule has 0 aliphatic rings. The van der Waals surface area contributed by atoms with E-state index in [1.165, 1.54) is 5.56 Å². The molecule has 0 aliphatic heterocycles. The van der Waals surface area contributed by atoms with Crippen LogP contribution in [0.5, 0.6) is 0 Å². The van der Waals surface area contributed by atoms with E-state index in [2.05, 4.69) is 39.1 Å². The van der Waals surface area contributed by atoms with Gasteiger partial charge in [-0.05, 0) is 51.8 Å². The van der Waals surface area contributed by atoms with E-state index >= 15 is 0 Å². The van der Waals surface area contributed by atoms with E-state index in [0.29, 0.717) is 6.54 Å². The number of carbonyl (C=O) groups excluding carboxylic acids is 1. The van der Waals surface area contributed by atoms with E-state index in [-0.39, 0.29) is 5.91 Å². The molecule has 1 amide bonds. The van der Waals surface area contributed by atoms with Crippen molar-refractivity contribution >= 4 is 11.6 Å². The number of benzene rings is 1. The molecule has 0 aliphatic carbocycles. The van der Waals surface area contributed by atoms with Crippen LogP contribution in [0.15, 0.2) is 18.2 Å². The lowest BCUT2D eigenvalue weighted by Crippen LogP contribution is -2.51. The van der Waals surface area contributed by atoms with Gasteiger partial charge in [0.2, 0.25) is 0 Å². The lowest BCUT2D eigenvalue weighted by molar-refractivity contribution is -0.915. The zero-order valence-corrected chi connectivity index (χ0v) is 12.9. The SMILES string of the molecule is CC[N+](CC)(CC)CC(=O)Nc1cccc(C)c1C. The zero-order chi connectivity index (χ0) is 14.5. The topological polar surface area (TPSA) is 29.1 Å². The molecule has 0 saturated heterocycles. The van der Waals surface area contributed by atoms with Crippen molar-refractivity contribution in [1.29, 1.82) is 0 Å². The van der Waals surface area contributed by atoms with Gasteiger partial charge in [0.05, 0.1) is 19.6 Å². The van der Waals surface area contributed by atoms with E-state index in [1.54, 1.807) is 0 Å². The van der Waals surface area contributed by atoms with Crippen LogP contribution >= 0.6 is 0 Å². The Balaban J connectivity index is 2.78. The lowest BCUT2D eigenvalue weighted by atomic mass is 10.1. The number of quaternary nitrogens is 1. The van der Waals surface area contributed by atoms with Gasteiger partial charge in [0.1, 0.15) is 0 Å². The minimum Gasteiger partial charge on any atom is -0.321 e. The van der Waals surface area contributed by atoms with Crippen molar-refractivity contribution in [3.63, 3.8) is 0 Å². The van der Waals surface area contributed by atoms with Crippen molar-refractivity contribution in [1.82, 2.24) is 0 Å². The van der Waals surface area contributed by atoms with Crippen LogP contribution in [-0.4, -0.2) is 36.6 Å². The average molecular weight is 263 g/mol. The van der Waals surface area contributed by atoms with Crippen molar-refractivity contribution in [3.8, 4) is 0 Å². The zero-order valence-electron chi connectivity index (χ0n) is 12.9. The van der Waals surface area contributed by atoms with Gasteiger partial charge in [0.15, 0.2) is 6.54 Å². The van der Waals surface area contributed by atoms with E-state index in [9.17, 15) is 4.79 Å². The summed E-state index contributed by atoms with van der Waals surface area (Å²) in [4.78, 5) is 12.2. The smallest absolute Gasteiger partial charge is 0.279 e. The lowest BCUT2D eigenvalue weighted by Gasteiger charge is -2.35. The summed E-state index contributed by atoms with van der Waals surface area (Å²) in [5, 5.41) is 3.05. The summed E-state index contributed by atoms with van der Waals surface area (Å²) in [6.07, 6.45) is 0. The minimum absolute atomic E-state index is 0.110. The number of amides is 1. The van der Waals surface area contributed by atoms with Gasteiger partial charge in [-0.2, -0.15) is 0 Å². The van der Waals surface area contributed by atoms with Crippen LogP contribution in [0, 0.1) is 13.8 Å². The molecule has 1 aromatic carbocycles. The molecule has 0 spiro atoms. The van der Waals surface area contributed by atoms with Crippen LogP contribution in [0.2, 0.25) is 0 Å². The number of nitrogens with one attached hydrogen (secondary N) is 1. The summed E-state index contributed by atoms with van der Waals surface area (Å²) in [6.45, 7) is 14.1. The molecule has 0 radical (unpaired) electrons. The van der Waals surface area contributed by atoms with Crippen LogP contribution < -0.4 is 5.32 Å². The number of nitrogens with zero attached hydrogens (tertiary/aromatic N) is 1. The van der Waals surface area contributed by atoms with Crippen molar-refractivity contribution in [2.45, 2.75) is 34.6 Å². The summed E-state index contributed by atoms with van der Waals surface area (Å²) in [5.74, 6) is 0.110. The Kier molecular flexibility index (Phi) is 5.55. The van der Waals surface area contributed by atoms with Crippen LogP contribution in [0.4, 0.5) is 5.69 Å². The summed E-state index contributed by atoms with van der Waals surface area (Å²) in [5.41, 5.74) is 3.30. The number of hydrogen-bond donors (Lipinski definition) is 1. The maximum absolute atomic E-state index is 12.2. The molecule has 3 nitrogen and oxygen atoms in total. The van der Waals surface area contributed by atoms with Crippen LogP contribution in [0.1, 0.15) is 31.9 Å². The molecule has 0 saturated carbocycles. The molecule has 0 aromatic heterocycles. The Morgan fingerprint density at radius 1 is 1.11 bits per heavy atom. The highest BCUT2D eigenvalue weighted by atomic mass is 16.2. The second kappa shape index (κ2) is 6.71. The number of hydrogen-bond acceptors (Lipinski definition) is 1. The highest BCUT2D eigenvalue weighted by molar-refractivity contribution is 5.92. The quantitative estimate of drug-likeness (QED) is 0.785. The molecule has 0 atom stereocenters. The number of anilines is 1. The van der Waals surface area contributed by atoms with Gasteiger partial charge < -0.3 is 9.80 Å². The Labute approximate surface area is 117 Å². The van der Waals surface area contributed by atoms with Gasteiger partial charge in [-0.3, -0.25) is 4.79 Å². The number of likely N-dealkylation sites (N-methyl/N-ethyl adjacent to an activating group) is 1. The van der Waals surface area contributed by atoms with Crippen molar-refractivity contribution in [2.24, 2.45) is 0 Å². The first-order valence-corrected chi connectivity index (χ1v) is 7.19. The third-order valence-corrected chi connectivity index (χ3v) is 4.37. The van der Waals surface area contributed by atoms with Gasteiger partial charge in [0, 0.05) is 5.69 Å². The first-order chi connectivity index (χ1) is 8.98. The van der Waals surface area contributed by atoms with Crippen LogP contribution in [0.3, 0.4) is 0 Å². The highest BCUT2D eigenvalue weighted by Crippen LogP contribution is 2.18. The Hall–Kier alpha value is -1.35. The van der Waals surface area contributed by atoms with Crippen molar-refractivity contribution in [2.75, 3.05) is 31.5 Å². The first-order valence-electron chi connectivity index (χ1n) is 7.19. The van der Waals surface area contributed by atoms with Gasteiger partial charge in [0.25, 0.3) is 5.91 Å². The number of aryl methyl sites for hydroxylation is 1. The molecule has 19 heavy (non-hydrogen) atoms. The molecule has 1 N–H and O–H groups in total. The van der Waals surface area contributed by atoms with Gasteiger partial charge in [-0.15, -0.1) is 0 Å². The van der Waals surface area contributed by atoms with Crippen molar-refractivity contribution < 1.29 is 9.28 Å². The summed E-state index contributed by atoms with van der Waals surface area (Å²) in [6, 6.07) is 6.02. The van der Waals surface area contributed by atoms with Crippen LogP contribution in [-0.2, 0) is 4.79 Å². The molecule has 0 unspecified atom stereocenters. The first kappa shape index (κ1) is 15.7. The molecule has 3 heteroatoms. The third-order valence-electron chi connectivity index (χ3n) is 4.37. The van der Waals surface area contributed by atoms with Gasteiger partial charge >= 0.3 is 0 Å². The number of rotatable bonds is 6. The molecule has 106 valence electrons. The molecule has 0 bridgehead atoms. The average Bonchev–Trinajstić information content (AvgIpc) is 2.41. The molecule has 0 fully saturated rings. The monoisotopic (exact) mass is 263 g/mol. The second-order valence-electron chi connectivity index (χ2n) is 5.24. The largest absolute Gasteiger partial charge is 0.321 e. The molecule has 1 rings (SSSR count). The summed E-state index contributed by atoms with van der Waals surface area (Å²) in [7, 11) is 0. The maximum atomic E-state index is 12.2. The Morgan fingerprint density at radius 2 is 1.68 bits per heavy atom.